The number of alkyl halides is 1. The van der Waals surface area contributed by atoms with Gasteiger partial charge in [0.2, 0.25) is 0 Å². The van der Waals surface area contributed by atoms with Crippen LogP contribution in [0.5, 0.6) is 0 Å². The fourth-order valence-corrected chi connectivity index (χ4v) is 1.65. The van der Waals surface area contributed by atoms with Gasteiger partial charge in [-0.1, -0.05) is 24.6 Å². The van der Waals surface area contributed by atoms with Crippen LogP contribution in [0.4, 0.5) is 0 Å². The Morgan fingerprint density at radius 1 is 1.43 bits per heavy atom. The van der Waals surface area contributed by atoms with Crippen molar-refractivity contribution >= 4 is 29.0 Å². The number of ketones is 1. The summed E-state index contributed by atoms with van der Waals surface area (Å²) in [5, 5.41) is 0.0465. The molecule has 3 heteroatoms. The van der Waals surface area contributed by atoms with E-state index in [-0.39, 0.29) is 5.78 Å². The van der Waals surface area contributed by atoms with Crippen molar-refractivity contribution < 1.29 is 4.79 Å². The number of halogens is 2. The van der Waals surface area contributed by atoms with Gasteiger partial charge < -0.3 is 0 Å². The molecule has 0 aliphatic carbocycles. The average Bonchev–Trinajstić information content (AvgIpc) is 2.15. The van der Waals surface area contributed by atoms with E-state index in [0.717, 1.165) is 17.5 Å². The van der Waals surface area contributed by atoms with Crippen LogP contribution in [0.15, 0.2) is 18.2 Å². The fraction of sp³-hybridized carbons (Fsp3) is 0.364. The number of Topliss-reactive ketones (excluding diaryl/α,β-unsaturated/α-hetero) is 1. The first kappa shape index (κ1) is 11.5. The molecule has 0 bridgehead atoms. The number of carbonyl (C=O) groups excluding carboxylic acids is 1. The second kappa shape index (κ2) is 4.81. The molecule has 0 fully saturated rings. The van der Waals surface area contributed by atoms with Crippen molar-refractivity contribution in [3.63, 3.8) is 0 Å². The van der Waals surface area contributed by atoms with Gasteiger partial charge in [0.1, 0.15) is 5.38 Å². The maximum absolute atomic E-state index is 11.1. The van der Waals surface area contributed by atoms with Crippen LogP contribution in [0.25, 0.3) is 0 Å². The Labute approximate surface area is 94.0 Å². The van der Waals surface area contributed by atoms with Gasteiger partial charge in [0, 0.05) is 5.02 Å². The zero-order chi connectivity index (χ0) is 10.7. The second-order valence-corrected chi connectivity index (χ2v) is 4.09. The Hall–Kier alpha value is -0.530. The molecule has 1 rings (SSSR count). The fourth-order valence-electron chi connectivity index (χ4n) is 1.26. The summed E-state index contributed by atoms with van der Waals surface area (Å²) < 4.78 is 0. The van der Waals surface area contributed by atoms with Gasteiger partial charge in [0.05, 0.1) is 0 Å². The molecule has 1 unspecified atom stereocenters. The highest BCUT2D eigenvalue weighted by molar-refractivity contribution is 6.32. The molecule has 0 aliphatic heterocycles. The van der Waals surface area contributed by atoms with Gasteiger partial charge in [-0.3, -0.25) is 4.79 Å². The maximum Gasteiger partial charge on any atom is 0.152 e. The van der Waals surface area contributed by atoms with Crippen molar-refractivity contribution in [1.82, 2.24) is 0 Å². The van der Waals surface area contributed by atoms with Gasteiger partial charge in [0.25, 0.3) is 0 Å². The summed E-state index contributed by atoms with van der Waals surface area (Å²) in [6.45, 7) is 3.51. The van der Waals surface area contributed by atoms with Crippen molar-refractivity contribution in [2.75, 3.05) is 0 Å². The molecule has 1 aromatic carbocycles. The van der Waals surface area contributed by atoms with Gasteiger partial charge in [-0.2, -0.15) is 0 Å². The topological polar surface area (TPSA) is 17.1 Å². The van der Waals surface area contributed by atoms with Gasteiger partial charge in [-0.05, 0) is 36.6 Å². The SMILES string of the molecule is CCc1cc(Cl)cc(C(Cl)C(C)=O)c1. The van der Waals surface area contributed by atoms with Crippen LogP contribution < -0.4 is 0 Å². The van der Waals surface area contributed by atoms with Gasteiger partial charge in [0.15, 0.2) is 5.78 Å². The smallest absolute Gasteiger partial charge is 0.152 e. The summed E-state index contributed by atoms with van der Waals surface area (Å²) in [7, 11) is 0. The average molecular weight is 231 g/mol. The molecule has 0 saturated heterocycles. The lowest BCUT2D eigenvalue weighted by Gasteiger charge is -2.08. The number of benzene rings is 1. The van der Waals surface area contributed by atoms with E-state index in [1.54, 1.807) is 6.07 Å². The largest absolute Gasteiger partial charge is 0.298 e. The first-order valence-corrected chi connectivity index (χ1v) is 5.30. The molecule has 1 nitrogen and oxygen atoms in total. The van der Waals surface area contributed by atoms with Crippen LogP contribution in [0.2, 0.25) is 5.02 Å². The molecule has 0 radical (unpaired) electrons. The zero-order valence-electron chi connectivity index (χ0n) is 8.18. The highest BCUT2D eigenvalue weighted by Gasteiger charge is 2.13. The minimum atomic E-state index is -0.584. The third-order valence-electron chi connectivity index (χ3n) is 2.04. The molecule has 0 heterocycles. The monoisotopic (exact) mass is 230 g/mol. The lowest BCUT2D eigenvalue weighted by atomic mass is 10.0. The standard InChI is InChI=1S/C11H12Cl2O/c1-3-8-4-9(6-10(12)5-8)11(13)7(2)14/h4-6,11H,3H2,1-2H3. The third-order valence-corrected chi connectivity index (χ3v) is 2.82. The maximum atomic E-state index is 11.1. The van der Waals surface area contributed by atoms with Crippen molar-refractivity contribution in [3.8, 4) is 0 Å². The number of carbonyl (C=O) groups is 1. The van der Waals surface area contributed by atoms with E-state index in [1.807, 2.05) is 19.1 Å². The van der Waals surface area contributed by atoms with Crippen LogP contribution in [0.3, 0.4) is 0 Å². The summed E-state index contributed by atoms with van der Waals surface area (Å²) in [6.07, 6.45) is 0.884. The van der Waals surface area contributed by atoms with Gasteiger partial charge >= 0.3 is 0 Å². The van der Waals surface area contributed by atoms with Crippen LogP contribution in [0, 0.1) is 0 Å². The van der Waals surface area contributed by atoms with E-state index in [1.165, 1.54) is 6.92 Å². The highest BCUT2D eigenvalue weighted by atomic mass is 35.5. The van der Waals surface area contributed by atoms with Crippen LogP contribution in [-0.4, -0.2) is 5.78 Å². The summed E-state index contributed by atoms with van der Waals surface area (Å²) in [5.41, 5.74) is 1.88. The summed E-state index contributed by atoms with van der Waals surface area (Å²) in [5.74, 6) is -0.0593. The predicted octanol–water partition coefficient (Wildman–Crippen LogP) is 3.77. The lowest BCUT2D eigenvalue weighted by Crippen LogP contribution is -2.02. The molecule has 1 aromatic rings. The van der Waals surface area contributed by atoms with E-state index in [2.05, 4.69) is 0 Å². The van der Waals surface area contributed by atoms with Crippen molar-refractivity contribution in [2.24, 2.45) is 0 Å². The van der Waals surface area contributed by atoms with E-state index in [4.69, 9.17) is 23.2 Å². The molecule has 76 valence electrons. The van der Waals surface area contributed by atoms with E-state index >= 15 is 0 Å². The van der Waals surface area contributed by atoms with Gasteiger partial charge in [-0.25, -0.2) is 0 Å². The summed E-state index contributed by atoms with van der Waals surface area (Å²) in [6, 6.07) is 5.54. The minimum Gasteiger partial charge on any atom is -0.298 e. The minimum absolute atomic E-state index is 0.0593. The number of rotatable bonds is 3. The van der Waals surface area contributed by atoms with Crippen molar-refractivity contribution in [2.45, 2.75) is 25.6 Å². The van der Waals surface area contributed by atoms with Crippen molar-refractivity contribution in [3.05, 3.63) is 34.3 Å². The quantitative estimate of drug-likeness (QED) is 0.723. The van der Waals surface area contributed by atoms with Crippen LogP contribution in [-0.2, 0) is 11.2 Å². The second-order valence-electron chi connectivity index (χ2n) is 3.22. The Bertz CT molecular complexity index is 347. The molecule has 0 aromatic heterocycles. The normalized spacial score (nSPS) is 12.6. The van der Waals surface area contributed by atoms with Gasteiger partial charge in [-0.15, -0.1) is 11.6 Å². The summed E-state index contributed by atoms with van der Waals surface area (Å²) >= 11 is 11.8. The van der Waals surface area contributed by atoms with Crippen LogP contribution in [0.1, 0.15) is 30.4 Å². The first-order chi connectivity index (χ1) is 6.54. The molecular formula is C11H12Cl2O. The molecule has 0 aliphatic rings. The Balaban J connectivity index is 3.08. The molecule has 0 saturated carbocycles. The van der Waals surface area contributed by atoms with Crippen LogP contribution >= 0.6 is 23.2 Å². The predicted molar refractivity (Wildman–Crippen MR) is 60.1 cm³/mol. The molecule has 0 N–H and O–H groups in total. The molecule has 0 spiro atoms. The summed E-state index contributed by atoms with van der Waals surface area (Å²) in [4.78, 5) is 11.1. The Morgan fingerprint density at radius 3 is 2.57 bits per heavy atom. The molecule has 0 amide bonds. The highest BCUT2D eigenvalue weighted by Crippen LogP contribution is 2.26. The Morgan fingerprint density at radius 2 is 2.07 bits per heavy atom. The molecule has 14 heavy (non-hydrogen) atoms. The number of hydrogen-bond acceptors (Lipinski definition) is 1. The van der Waals surface area contributed by atoms with Crippen molar-refractivity contribution in [1.29, 1.82) is 0 Å². The zero-order valence-corrected chi connectivity index (χ0v) is 9.69. The molecule has 1 atom stereocenters. The van der Waals surface area contributed by atoms with E-state index in [0.29, 0.717) is 5.02 Å². The molecular weight excluding hydrogens is 219 g/mol. The van der Waals surface area contributed by atoms with E-state index in [9.17, 15) is 4.79 Å². The first-order valence-electron chi connectivity index (χ1n) is 4.48. The number of hydrogen-bond donors (Lipinski definition) is 0. The number of aryl methyl sites for hydroxylation is 1. The lowest BCUT2D eigenvalue weighted by molar-refractivity contribution is -0.116. The third kappa shape index (κ3) is 2.73. The Kier molecular flexibility index (Phi) is 3.97. The van der Waals surface area contributed by atoms with E-state index < -0.39 is 5.38 Å².